The van der Waals surface area contributed by atoms with Gasteiger partial charge >= 0.3 is 0 Å². The van der Waals surface area contributed by atoms with Gasteiger partial charge in [-0.1, -0.05) is 78.4 Å². The van der Waals surface area contributed by atoms with Gasteiger partial charge in [0.2, 0.25) is 5.91 Å². The van der Waals surface area contributed by atoms with Gasteiger partial charge in [0.1, 0.15) is 0 Å². The molecule has 136 valence electrons. The Morgan fingerprint density at radius 1 is 0.852 bits per heavy atom. The highest BCUT2D eigenvalue weighted by Gasteiger charge is 2.60. The number of benzene rings is 3. The van der Waals surface area contributed by atoms with Crippen LogP contribution in [0.3, 0.4) is 0 Å². The van der Waals surface area contributed by atoms with Crippen LogP contribution in [0.1, 0.15) is 34.2 Å². The van der Waals surface area contributed by atoms with E-state index in [0.29, 0.717) is 0 Å². The molecule has 0 saturated heterocycles. The minimum absolute atomic E-state index is 0.0533. The largest absolute Gasteiger partial charge is 0.325 e. The third-order valence-corrected chi connectivity index (χ3v) is 5.78. The van der Waals surface area contributed by atoms with Crippen molar-refractivity contribution < 1.29 is 4.79 Å². The van der Waals surface area contributed by atoms with E-state index in [-0.39, 0.29) is 17.2 Å². The first kappa shape index (κ1) is 17.5. The van der Waals surface area contributed by atoms with Crippen molar-refractivity contribution in [1.82, 2.24) is 0 Å². The van der Waals surface area contributed by atoms with Crippen LogP contribution in [0.5, 0.6) is 0 Å². The van der Waals surface area contributed by atoms with Gasteiger partial charge < -0.3 is 5.32 Å². The average Bonchev–Trinajstić information content (AvgIpc) is 3.43. The molecule has 1 saturated carbocycles. The van der Waals surface area contributed by atoms with Gasteiger partial charge in [0.05, 0.1) is 5.92 Å². The number of anilines is 1. The molecule has 27 heavy (non-hydrogen) atoms. The van der Waals surface area contributed by atoms with Crippen LogP contribution in [0, 0.1) is 26.7 Å². The molecule has 1 fully saturated rings. The highest BCUT2D eigenvalue weighted by atomic mass is 16.2. The SMILES string of the molecule is Cc1cc(C)c(NC(=O)C2CC2(c2ccccc2)c2ccccc2)c(C)c1. The maximum Gasteiger partial charge on any atom is 0.228 e. The molecule has 4 rings (SSSR count). The second-order valence-electron chi connectivity index (χ2n) is 7.72. The van der Waals surface area contributed by atoms with Crippen molar-refractivity contribution in [2.24, 2.45) is 5.92 Å². The van der Waals surface area contributed by atoms with Gasteiger partial charge in [-0.2, -0.15) is 0 Å². The lowest BCUT2D eigenvalue weighted by Crippen LogP contribution is -2.23. The van der Waals surface area contributed by atoms with Gasteiger partial charge in [-0.25, -0.2) is 0 Å². The van der Waals surface area contributed by atoms with Crippen LogP contribution in [-0.4, -0.2) is 5.91 Å². The molecule has 0 spiro atoms. The summed E-state index contributed by atoms with van der Waals surface area (Å²) in [5.74, 6) is 0.0557. The summed E-state index contributed by atoms with van der Waals surface area (Å²) in [6.45, 7) is 6.20. The summed E-state index contributed by atoms with van der Waals surface area (Å²) < 4.78 is 0. The summed E-state index contributed by atoms with van der Waals surface area (Å²) >= 11 is 0. The van der Waals surface area contributed by atoms with Gasteiger partial charge in [-0.15, -0.1) is 0 Å². The quantitative estimate of drug-likeness (QED) is 0.652. The molecule has 0 aromatic heterocycles. The molecular weight excluding hydrogens is 330 g/mol. The number of carbonyl (C=O) groups excluding carboxylic acids is 1. The zero-order valence-corrected chi connectivity index (χ0v) is 16.1. The van der Waals surface area contributed by atoms with Gasteiger partial charge in [0.15, 0.2) is 0 Å². The van der Waals surface area contributed by atoms with E-state index in [2.05, 4.69) is 86.8 Å². The molecular formula is C25H25NO. The number of nitrogens with one attached hydrogen (secondary N) is 1. The summed E-state index contributed by atoms with van der Waals surface area (Å²) in [5.41, 5.74) is 6.62. The molecule has 3 aromatic rings. The first-order chi connectivity index (χ1) is 13.0. The maximum atomic E-state index is 13.2. The van der Waals surface area contributed by atoms with Crippen LogP contribution in [-0.2, 0) is 10.2 Å². The molecule has 1 unspecified atom stereocenters. The van der Waals surface area contributed by atoms with Crippen molar-refractivity contribution >= 4 is 11.6 Å². The third kappa shape index (κ3) is 3.06. The molecule has 1 aliphatic rings. The molecule has 2 heteroatoms. The Morgan fingerprint density at radius 3 is 1.81 bits per heavy atom. The van der Waals surface area contributed by atoms with Crippen molar-refractivity contribution in [3.63, 3.8) is 0 Å². The zero-order chi connectivity index (χ0) is 19.0. The first-order valence-corrected chi connectivity index (χ1v) is 9.52. The van der Waals surface area contributed by atoms with E-state index in [4.69, 9.17) is 0 Å². The lowest BCUT2D eigenvalue weighted by Gasteiger charge is -2.20. The molecule has 0 aliphatic heterocycles. The summed E-state index contributed by atoms with van der Waals surface area (Å²) in [4.78, 5) is 13.2. The van der Waals surface area contributed by atoms with Gasteiger partial charge in [-0.3, -0.25) is 4.79 Å². The summed E-state index contributed by atoms with van der Waals surface area (Å²) in [6.07, 6.45) is 0.844. The summed E-state index contributed by atoms with van der Waals surface area (Å²) in [5, 5.41) is 3.22. The van der Waals surface area contributed by atoms with Crippen molar-refractivity contribution in [3.05, 3.63) is 101 Å². The smallest absolute Gasteiger partial charge is 0.228 e. The van der Waals surface area contributed by atoms with Crippen LogP contribution in [0.2, 0.25) is 0 Å². The number of aryl methyl sites for hydroxylation is 3. The number of carbonyl (C=O) groups is 1. The zero-order valence-electron chi connectivity index (χ0n) is 16.1. The Labute approximate surface area is 161 Å². The minimum Gasteiger partial charge on any atom is -0.325 e. The van der Waals surface area contributed by atoms with Gasteiger partial charge in [-0.05, 0) is 49.4 Å². The predicted molar refractivity (Wildman–Crippen MR) is 111 cm³/mol. The second-order valence-corrected chi connectivity index (χ2v) is 7.72. The van der Waals surface area contributed by atoms with Crippen LogP contribution in [0.25, 0.3) is 0 Å². The molecule has 3 aromatic carbocycles. The summed E-state index contributed by atoms with van der Waals surface area (Å²) in [6, 6.07) is 25.1. The van der Waals surface area contributed by atoms with Crippen molar-refractivity contribution in [2.75, 3.05) is 5.32 Å². The molecule has 0 bridgehead atoms. The average molecular weight is 355 g/mol. The Kier molecular flexibility index (Phi) is 4.35. The molecule has 1 aliphatic carbocycles. The van der Waals surface area contributed by atoms with Crippen molar-refractivity contribution in [1.29, 1.82) is 0 Å². The standard InChI is InChI=1S/C25H25NO/c1-17-14-18(2)23(19(3)15-17)26-24(27)22-16-25(22,20-10-6-4-7-11-20)21-12-8-5-9-13-21/h4-15,22H,16H2,1-3H3,(H,26,27). The highest BCUT2D eigenvalue weighted by Crippen LogP contribution is 2.59. The Balaban J connectivity index is 1.67. The van der Waals surface area contributed by atoms with Gasteiger partial charge in [0.25, 0.3) is 0 Å². The third-order valence-electron chi connectivity index (χ3n) is 5.78. The lowest BCUT2D eigenvalue weighted by molar-refractivity contribution is -0.117. The fourth-order valence-corrected chi connectivity index (χ4v) is 4.44. The van der Waals surface area contributed by atoms with E-state index >= 15 is 0 Å². The van der Waals surface area contributed by atoms with E-state index in [9.17, 15) is 4.79 Å². The van der Waals surface area contributed by atoms with Crippen LogP contribution in [0.15, 0.2) is 72.8 Å². The highest BCUT2D eigenvalue weighted by molar-refractivity contribution is 5.98. The lowest BCUT2D eigenvalue weighted by atomic mass is 9.85. The van der Waals surface area contributed by atoms with E-state index in [0.717, 1.165) is 23.2 Å². The molecule has 0 heterocycles. The molecule has 2 nitrogen and oxygen atoms in total. The topological polar surface area (TPSA) is 29.1 Å². The Morgan fingerprint density at radius 2 is 1.33 bits per heavy atom. The monoisotopic (exact) mass is 355 g/mol. The first-order valence-electron chi connectivity index (χ1n) is 9.52. The van der Waals surface area contributed by atoms with Gasteiger partial charge in [0, 0.05) is 11.1 Å². The fourth-order valence-electron chi connectivity index (χ4n) is 4.44. The van der Waals surface area contributed by atoms with Crippen molar-refractivity contribution in [2.45, 2.75) is 32.6 Å². The molecule has 1 N–H and O–H groups in total. The molecule has 1 amide bonds. The summed E-state index contributed by atoms with van der Waals surface area (Å²) in [7, 11) is 0. The minimum atomic E-state index is -0.223. The Hall–Kier alpha value is -2.87. The number of hydrogen-bond donors (Lipinski definition) is 1. The number of amides is 1. The molecule has 1 atom stereocenters. The number of hydrogen-bond acceptors (Lipinski definition) is 1. The van der Waals surface area contributed by atoms with E-state index in [1.807, 2.05) is 12.1 Å². The second kappa shape index (κ2) is 6.70. The predicted octanol–water partition coefficient (Wildman–Crippen LogP) is 5.56. The van der Waals surface area contributed by atoms with Crippen LogP contribution in [0.4, 0.5) is 5.69 Å². The van der Waals surface area contributed by atoms with Crippen LogP contribution < -0.4 is 5.32 Å². The fraction of sp³-hybridized carbons (Fsp3) is 0.240. The van der Waals surface area contributed by atoms with E-state index in [1.165, 1.54) is 16.7 Å². The maximum absolute atomic E-state index is 13.2. The molecule has 0 radical (unpaired) electrons. The number of rotatable bonds is 4. The Bertz CT molecular complexity index is 913. The van der Waals surface area contributed by atoms with E-state index < -0.39 is 0 Å². The van der Waals surface area contributed by atoms with Crippen LogP contribution >= 0.6 is 0 Å². The normalized spacial score (nSPS) is 17.4. The van der Waals surface area contributed by atoms with Crippen molar-refractivity contribution in [3.8, 4) is 0 Å². The van der Waals surface area contributed by atoms with E-state index in [1.54, 1.807) is 0 Å².